The lowest BCUT2D eigenvalue weighted by Gasteiger charge is -2.22. The van der Waals surface area contributed by atoms with Gasteiger partial charge in [0.15, 0.2) is 0 Å². The fourth-order valence-corrected chi connectivity index (χ4v) is 8.40. The predicted molar refractivity (Wildman–Crippen MR) is 260 cm³/mol. The average molecular weight is 848 g/mol. The molecule has 0 aromatic heterocycles. The fourth-order valence-electron chi connectivity index (χ4n) is 8.40. The zero-order chi connectivity index (χ0) is 43.7. The van der Waals surface area contributed by atoms with Gasteiger partial charge in [-0.2, -0.15) is 0 Å². The van der Waals surface area contributed by atoms with E-state index in [2.05, 4.69) is 31.3 Å². The first kappa shape index (κ1) is 58.6. The summed E-state index contributed by atoms with van der Waals surface area (Å²) in [6.07, 6.45) is 57.6. The molecule has 2 atom stereocenters. The summed E-state index contributed by atoms with van der Waals surface area (Å²) in [7, 11) is 0. The van der Waals surface area contributed by atoms with Crippen LogP contribution in [0, 0.1) is 0 Å². The minimum absolute atomic E-state index is 0.00474. The van der Waals surface area contributed by atoms with E-state index in [4.69, 9.17) is 4.74 Å². The van der Waals surface area contributed by atoms with Gasteiger partial charge in [-0.15, -0.1) is 0 Å². The molecule has 1 amide bonds. The van der Waals surface area contributed by atoms with Crippen molar-refractivity contribution in [3.8, 4) is 0 Å². The van der Waals surface area contributed by atoms with Crippen LogP contribution in [0.25, 0.3) is 0 Å². The number of rotatable bonds is 50. The summed E-state index contributed by atoms with van der Waals surface area (Å²) in [5.74, 6) is -0.0397. The fraction of sp³-hybridized carbons (Fsp3) is 0.926. The number of nitrogens with one attached hydrogen (secondary N) is 1. The molecule has 0 heterocycles. The number of unbranched alkanes of at least 4 members (excludes halogenated alkanes) is 37. The predicted octanol–water partition coefficient (Wildman–Crippen LogP) is 16.1. The maximum Gasteiger partial charge on any atom is 0.305 e. The van der Waals surface area contributed by atoms with Crippen LogP contribution < -0.4 is 5.32 Å². The molecule has 6 nitrogen and oxygen atoms in total. The maximum atomic E-state index is 12.4. The van der Waals surface area contributed by atoms with Crippen molar-refractivity contribution in [2.24, 2.45) is 0 Å². The molecule has 0 aromatic carbocycles. The minimum atomic E-state index is -0.668. The third-order valence-corrected chi connectivity index (χ3v) is 12.6. The van der Waals surface area contributed by atoms with Crippen LogP contribution in [0.4, 0.5) is 0 Å². The number of hydrogen-bond donors (Lipinski definition) is 3. The summed E-state index contributed by atoms with van der Waals surface area (Å²) in [4.78, 5) is 24.4. The van der Waals surface area contributed by atoms with Crippen molar-refractivity contribution >= 4 is 11.9 Å². The van der Waals surface area contributed by atoms with E-state index in [1.54, 1.807) is 0 Å². The Balaban J connectivity index is 3.43. The van der Waals surface area contributed by atoms with Gasteiger partial charge in [-0.1, -0.05) is 244 Å². The molecule has 0 aliphatic carbocycles. The van der Waals surface area contributed by atoms with Crippen LogP contribution in [0.1, 0.15) is 296 Å². The van der Waals surface area contributed by atoms with Crippen molar-refractivity contribution < 1.29 is 24.5 Å². The molecule has 0 rings (SSSR count). The zero-order valence-electron chi connectivity index (χ0n) is 40.5. The lowest BCUT2D eigenvalue weighted by Crippen LogP contribution is -2.45. The number of ether oxygens (including phenoxy) is 1. The van der Waals surface area contributed by atoms with Crippen LogP contribution in [0.5, 0.6) is 0 Å². The third kappa shape index (κ3) is 46.1. The van der Waals surface area contributed by atoms with E-state index in [1.807, 2.05) is 0 Å². The van der Waals surface area contributed by atoms with Crippen molar-refractivity contribution in [1.82, 2.24) is 5.32 Å². The van der Waals surface area contributed by atoms with E-state index in [0.29, 0.717) is 25.9 Å². The molecule has 356 valence electrons. The summed E-state index contributed by atoms with van der Waals surface area (Å²) < 4.78 is 5.46. The zero-order valence-corrected chi connectivity index (χ0v) is 40.5. The highest BCUT2D eigenvalue weighted by Gasteiger charge is 2.20. The molecular formula is C54H105NO5. The van der Waals surface area contributed by atoms with Gasteiger partial charge in [0.1, 0.15) is 0 Å². The largest absolute Gasteiger partial charge is 0.466 e. The van der Waals surface area contributed by atoms with Gasteiger partial charge < -0.3 is 20.3 Å². The van der Waals surface area contributed by atoms with Crippen molar-refractivity contribution in [2.75, 3.05) is 13.2 Å². The molecule has 0 aliphatic heterocycles. The molecule has 0 radical (unpaired) electrons. The molecule has 6 heteroatoms. The van der Waals surface area contributed by atoms with E-state index in [1.165, 1.54) is 218 Å². The summed E-state index contributed by atoms with van der Waals surface area (Å²) >= 11 is 0. The maximum absolute atomic E-state index is 12.4. The van der Waals surface area contributed by atoms with E-state index in [0.717, 1.165) is 44.9 Å². The Morgan fingerprint density at radius 2 is 0.783 bits per heavy atom. The molecular weight excluding hydrogens is 743 g/mol. The van der Waals surface area contributed by atoms with Crippen LogP contribution in [0.3, 0.4) is 0 Å². The van der Waals surface area contributed by atoms with E-state index in [9.17, 15) is 19.8 Å². The Hall–Kier alpha value is -1.40. The highest BCUT2D eigenvalue weighted by Crippen LogP contribution is 2.16. The highest BCUT2D eigenvalue weighted by molar-refractivity contribution is 5.76. The van der Waals surface area contributed by atoms with E-state index in [-0.39, 0.29) is 18.5 Å². The molecule has 0 fully saturated rings. The van der Waals surface area contributed by atoms with Gasteiger partial charge in [-0.25, -0.2) is 0 Å². The van der Waals surface area contributed by atoms with Crippen molar-refractivity contribution in [1.29, 1.82) is 0 Å². The van der Waals surface area contributed by atoms with Crippen LogP contribution in [0.2, 0.25) is 0 Å². The molecule has 3 N–H and O–H groups in total. The average Bonchev–Trinajstić information content (AvgIpc) is 3.25. The van der Waals surface area contributed by atoms with Crippen molar-refractivity contribution in [2.45, 2.75) is 309 Å². The SMILES string of the molecule is CCCCCCCCCCCCCCC(=O)OCCCCCCCCCC/C=C\CCCCCCCCCC(=O)NC(CO)C(O)CCCCCCCCCCCCCC. The molecule has 0 spiro atoms. The van der Waals surface area contributed by atoms with Crippen molar-refractivity contribution in [3.63, 3.8) is 0 Å². The van der Waals surface area contributed by atoms with Gasteiger partial charge in [-0.3, -0.25) is 9.59 Å². The second-order valence-electron chi connectivity index (χ2n) is 18.6. The lowest BCUT2D eigenvalue weighted by molar-refractivity contribution is -0.143. The first-order valence-electron chi connectivity index (χ1n) is 26.9. The van der Waals surface area contributed by atoms with Gasteiger partial charge in [-0.05, 0) is 51.4 Å². The monoisotopic (exact) mass is 848 g/mol. The Morgan fingerprint density at radius 1 is 0.450 bits per heavy atom. The normalized spacial score (nSPS) is 12.7. The number of aliphatic hydroxyl groups is 2. The second-order valence-corrected chi connectivity index (χ2v) is 18.6. The Bertz CT molecular complexity index is 893. The first-order chi connectivity index (χ1) is 29.5. The molecule has 0 saturated carbocycles. The number of esters is 1. The number of allylic oxidation sites excluding steroid dienone is 2. The van der Waals surface area contributed by atoms with Gasteiger partial charge in [0, 0.05) is 12.8 Å². The summed E-state index contributed by atoms with van der Waals surface area (Å²) in [6, 6.07) is -0.546. The lowest BCUT2D eigenvalue weighted by atomic mass is 10.0. The van der Waals surface area contributed by atoms with Gasteiger partial charge in [0.2, 0.25) is 5.91 Å². The number of carbonyl (C=O) groups is 2. The molecule has 60 heavy (non-hydrogen) atoms. The minimum Gasteiger partial charge on any atom is -0.466 e. The summed E-state index contributed by atoms with van der Waals surface area (Å²) in [5.41, 5.74) is 0. The number of carbonyl (C=O) groups excluding carboxylic acids is 2. The van der Waals surface area contributed by atoms with Gasteiger partial charge >= 0.3 is 5.97 Å². The third-order valence-electron chi connectivity index (χ3n) is 12.6. The van der Waals surface area contributed by atoms with Gasteiger partial charge in [0.25, 0.3) is 0 Å². The van der Waals surface area contributed by atoms with Crippen LogP contribution in [0.15, 0.2) is 12.2 Å². The summed E-state index contributed by atoms with van der Waals surface area (Å²) in [6.45, 7) is 4.94. The Kier molecular flexibility index (Phi) is 49.1. The molecule has 0 aromatic rings. The van der Waals surface area contributed by atoms with Crippen LogP contribution in [-0.4, -0.2) is 47.4 Å². The Labute approximate surface area is 374 Å². The Morgan fingerprint density at radius 3 is 1.18 bits per heavy atom. The van der Waals surface area contributed by atoms with E-state index >= 15 is 0 Å². The standard InChI is InChI=1S/C54H105NO5/c1-3-5-7-9-11-13-15-26-30-34-38-42-46-52(57)51(50-56)55-53(58)47-43-39-35-31-27-24-22-20-18-17-19-21-23-25-29-33-37-41-45-49-60-54(59)48-44-40-36-32-28-16-14-12-10-8-6-4-2/h17-18,51-52,56-57H,3-16,19-50H2,1-2H3,(H,55,58)/b18-17-. The molecule has 0 bridgehead atoms. The smallest absolute Gasteiger partial charge is 0.305 e. The first-order valence-corrected chi connectivity index (χ1v) is 26.9. The number of amides is 1. The number of hydrogen-bond acceptors (Lipinski definition) is 5. The summed E-state index contributed by atoms with van der Waals surface area (Å²) in [5, 5.41) is 23.2. The second kappa shape index (κ2) is 50.2. The van der Waals surface area contributed by atoms with Gasteiger partial charge in [0.05, 0.1) is 25.4 Å². The molecule has 0 aliphatic rings. The van der Waals surface area contributed by atoms with Crippen LogP contribution >= 0.6 is 0 Å². The quantitative estimate of drug-likeness (QED) is 0.0322. The van der Waals surface area contributed by atoms with E-state index < -0.39 is 12.1 Å². The topological polar surface area (TPSA) is 95.9 Å². The number of aliphatic hydroxyl groups excluding tert-OH is 2. The molecule has 2 unspecified atom stereocenters. The van der Waals surface area contributed by atoms with Crippen LogP contribution in [-0.2, 0) is 14.3 Å². The van der Waals surface area contributed by atoms with Crippen molar-refractivity contribution in [3.05, 3.63) is 12.2 Å². The highest BCUT2D eigenvalue weighted by atomic mass is 16.5. The molecule has 0 saturated heterocycles.